The molecule has 2 amide bonds. The van der Waals surface area contributed by atoms with E-state index < -0.39 is 0 Å². The highest BCUT2D eigenvalue weighted by molar-refractivity contribution is 6.30. The van der Waals surface area contributed by atoms with E-state index in [1.54, 1.807) is 24.3 Å². The van der Waals surface area contributed by atoms with E-state index in [2.05, 4.69) is 22.0 Å². The molecule has 1 atom stereocenters. The van der Waals surface area contributed by atoms with Crippen LogP contribution in [0.2, 0.25) is 5.02 Å². The number of nitrogens with zero attached hydrogens (tertiary/aromatic N) is 3. The predicted molar refractivity (Wildman–Crippen MR) is 108 cm³/mol. The first-order chi connectivity index (χ1) is 13.0. The molecule has 0 saturated carbocycles. The summed E-state index contributed by atoms with van der Waals surface area (Å²) < 4.78 is 0. The second-order valence-electron chi connectivity index (χ2n) is 7.54. The van der Waals surface area contributed by atoms with Crippen LogP contribution in [0.15, 0.2) is 24.3 Å². The Morgan fingerprint density at radius 1 is 1.00 bits per heavy atom. The summed E-state index contributed by atoms with van der Waals surface area (Å²) in [5.41, 5.74) is 0.754. The molecular weight excluding hydrogens is 364 g/mol. The Bertz CT molecular complexity index is 644. The summed E-state index contributed by atoms with van der Waals surface area (Å²) >= 11 is 5.86. The van der Waals surface area contributed by atoms with Crippen molar-refractivity contribution in [2.45, 2.75) is 32.2 Å². The van der Waals surface area contributed by atoms with Crippen molar-refractivity contribution >= 4 is 29.1 Å². The SMILES string of the molecule is C[C@@H]1CCCCN1C(=O)CN1CCN(CC(=O)Nc2ccc(Cl)cc2)CC1. The van der Waals surface area contributed by atoms with Gasteiger partial charge in [-0.2, -0.15) is 0 Å². The summed E-state index contributed by atoms with van der Waals surface area (Å²) in [6.07, 6.45) is 3.45. The van der Waals surface area contributed by atoms with Crippen LogP contribution >= 0.6 is 11.6 Å². The van der Waals surface area contributed by atoms with E-state index in [1.165, 1.54) is 6.42 Å². The first-order valence-corrected chi connectivity index (χ1v) is 10.2. The van der Waals surface area contributed by atoms with Crippen molar-refractivity contribution < 1.29 is 9.59 Å². The molecule has 1 N–H and O–H groups in total. The van der Waals surface area contributed by atoms with Gasteiger partial charge in [0.05, 0.1) is 13.1 Å². The molecule has 0 unspecified atom stereocenters. The maximum absolute atomic E-state index is 12.6. The zero-order valence-electron chi connectivity index (χ0n) is 16.0. The van der Waals surface area contributed by atoms with E-state index in [0.717, 1.165) is 51.3 Å². The van der Waals surface area contributed by atoms with Gasteiger partial charge in [0.15, 0.2) is 0 Å². The van der Waals surface area contributed by atoms with Gasteiger partial charge in [-0.25, -0.2) is 0 Å². The van der Waals surface area contributed by atoms with Gasteiger partial charge in [0.2, 0.25) is 11.8 Å². The molecule has 0 spiro atoms. The van der Waals surface area contributed by atoms with Crippen LogP contribution in [0.1, 0.15) is 26.2 Å². The van der Waals surface area contributed by atoms with Crippen LogP contribution in [0.5, 0.6) is 0 Å². The number of piperidine rings is 1. The van der Waals surface area contributed by atoms with Crippen molar-refractivity contribution in [1.82, 2.24) is 14.7 Å². The number of likely N-dealkylation sites (tertiary alicyclic amines) is 1. The Morgan fingerprint density at radius 3 is 2.26 bits per heavy atom. The fourth-order valence-electron chi connectivity index (χ4n) is 3.79. The summed E-state index contributed by atoms with van der Waals surface area (Å²) in [5.74, 6) is 0.222. The molecule has 3 rings (SSSR count). The number of halogens is 1. The molecule has 2 heterocycles. The second-order valence-corrected chi connectivity index (χ2v) is 7.98. The van der Waals surface area contributed by atoms with Gasteiger partial charge in [0.1, 0.15) is 0 Å². The third-order valence-electron chi connectivity index (χ3n) is 5.44. The van der Waals surface area contributed by atoms with Crippen molar-refractivity contribution in [3.8, 4) is 0 Å². The highest BCUT2D eigenvalue weighted by Gasteiger charge is 2.26. The lowest BCUT2D eigenvalue weighted by atomic mass is 10.0. The molecular formula is C20H29ClN4O2. The zero-order valence-corrected chi connectivity index (χ0v) is 16.7. The number of carbonyl (C=O) groups excluding carboxylic acids is 2. The van der Waals surface area contributed by atoms with Gasteiger partial charge in [-0.05, 0) is 50.5 Å². The number of amides is 2. The fourth-order valence-corrected chi connectivity index (χ4v) is 3.92. The summed E-state index contributed by atoms with van der Waals surface area (Å²) in [5, 5.41) is 3.54. The van der Waals surface area contributed by atoms with Crippen LogP contribution in [0.25, 0.3) is 0 Å². The molecule has 148 valence electrons. The maximum atomic E-state index is 12.6. The van der Waals surface area contributed by atoms with Crippen LogP contribution < -0.4 is 5.32 Å². The topological polar surface area (TPSA) is 55.9 Å². The molecule has 1 aromatic rings. The van der Waals surface area contributed by atoms with Crippen molar-refractivity contribution in [1.29, 1.82) is 0 Å². The van der Waals surface area contributed by atoms with Crippen molar-refractivity contribution in [2.75, 3.05) is 51.1 Å². The van der Waals surface area contributed by atoms with Crippen molar-refractivity contribution in [3.05, 3.63) is 29.3 Å². The highest BCUT2D eigenvalue weighted by atomic mass is 35.5. The van der Waals surface area contributed by atoms with Crippen molar-refractivity contribution in [2.24, 2.45) is 0 Å². The molecule has 2 fully saturated rings. The largest absolute Gasteiger partial charge is 0.339 e. The van der Waals surface area contributed by atoms with Gasteiger partial charge >= 0.3 is 0 Å². The molecule has 0 aromatic heterocycles. The van der Waals surface area contributed by atoms with Gasteiger partial charge in [-0.15, -0.1) is 0 Å². The lowest BCUT2D eigenvalue weighted by Crippen LogP contribution is -2.53. The summed E-state index contributed by atoms with van der Waals surface area (Å²) in [7, 11) is 0. The standard InChI is InChI=1S/C20H29ClN4O2/c1-16-4-2-3-9-25(16)20(27)15-24-12-10-23(11-13-24)14-19(26)22-18-7-5-17(21)6-8-18/h5-8,16H,2-4,9-15H2,1H3,(H,22,26)/t16-/m1/s1. The highest BCUT2D eigenvalue weighted by Crippen LogP contribution is 2.17. The molecule has 2 saturated heterocycles. The van der Waals surface area contributed by atoms with Gasteiger partial charge < -0.3 is 10.2 Å². The summed E-state index contributed by atoms with van der Waals surface area (Å²) in [6.45, 7) is 7.15. The number of anilines is 1. The van der Waals surface area contributed by atoms with Crippen LogP contribution in [-0.4, -0.2) is 78.4 Å². The molecule has 0 radical (unpaired) electrons. The van der Waals surface area contributed by atoms with Crippen molar-refractivity contribution in [3.63, 3.8) is 0 Å². The molecule has 6 nitrogen and oxygen atoms in total. The van der Waals surface area contributed by atoms with Crippen LogP contribution in [0.4, 0.5) is 5.69 Å². The van der Waals surface area contributed by atoms with E-state index >= 15 is 0 Å². The minimum absolute atomic E-state index is 0.0241. The summed E-state index contributed by atoms with van der Waals surface area (Å²) in [4.78, 5) is 31.1. The van der Waals surface area contributed by atoms with Gasteiger partial charge in [0.25, 0.3) is 0 Å². The van der Waals surface area contributed by atoms with E-state index in [9.17, 15) is 9.59 Å². The Balaban J connectivity index is 1.38. The van der Waals surface area contributed by atoms with Crippen LogP contribution in [0.3, 0.4) is 0 Å². The first-order valence-electron chi connectivity index (χ1n) is 9.81. The first kappa shape index (κ1) is 20.1. The Morgan fingerprint density at radius 2 is 1.63 bits per heavy atom. The lowest BCUT2D eigenvalue weighted by molar-refractivity contribution is -0.136. The predicted octanol–water partition coefficient (Wildman–Crippen LogP) is 2.30. The van der Waals surface area contributed by atoms with E-state index in [0.29, 0.717) is 24.2 Å². The number of hydrogen-bond donors (Lipinski definition) is 1. The monoisotopic (exact) mass is 392 g/mol. The molecule has 2 aliphatic rings. The number of nitrogens with one attached hydrogen (secondary N) is 1. The average Bonchev–Trinajstić information content (AvgIpc) is 2.65. The lowest BCUT2D eigenvalue weighted by Gasteiger charge is -2.37. The van der Waals surface area contributed by atoms with E-state index in [-0.39, 0.29) is 11.8 Å². The summed E-state index contributed by atoms with van der Waals surface area (Å²) in [6, 6.07) is 7.48. The number of piperazine rings is 1. The van der Waals surface area contributed by atoms with Crippen LogP contribution in [-0.2, 0) is 9.59 Å². The normalized spacial score (nSPS) is 21.9. The fraction of sp³-hybridized carbons (Fsp3) is 0.600. The third kappa shape index (κ3) is 5.92. The number of carbonyl (C=O) groups is 2. The third-order valence-corrected chi connectivity index (χ3v) is 5.69. The van der Waals surface area contributed by atoms with Gasteiger partial charge in [0, 0.05) is 49.5 Å². The molecule has 1 aromatic carbocycles. The second kappa shape index (κ2) is 9.53. The number of hydrogen-bond acceptors (Lipinski definition) is 4. The Labute approximate surface area is 166 Å². The van der Waals surface area contributed by atoms with Gasteiger partial charge in [-0.1, -0.05) is 11.6 Å². The maximum Gasteiger partial charge on any atom is 0.238 e. The zero-order chi connectivity index (χ0) is 19.2. The number of rotatable bonds is 5. The molecule has 0 bridgehead atoms. The van der Waals surface area contributed by atoms with E-state index in [1.807, 2.05) is 4.90 Å². The molecule has 0 aliphatic carbocycles. The minimum atomic E-state index is -0.0241. The van der Waals surface area contributed by atoms with Crippen LogP contribution in [0, 0.1) is 0 Å². The molecule has 7 heteroatoms. The van der Waals surface area contributed by atoms with E-state index in [4.69, 9.17) is 11.6 Å². The van der Waals surface area contributed by atoms with Gasteiger partial charge in [-0.3, -0.25) is 19.4 Å². The molecule has 27 heavy (non-hydrogen) atoms. The Kier molecular flexibility index (Phi) is 7.10. The minimum Gasteiger partial charge on any atom is -0.339 e. The quantitative estimate of drug-likeness (QED) is 0.835. The number of benzene rings is 1. The average molecular weight is 393 g/mol. The molecule has 2 aliphatic heterocycles. The smallest absolute Gasteiger partial charge is 0.238 e. The Hall–Kier alpha value is -1.63.